The molecule has 0 bridgehead atoms. The van der Waals surface area contributed by atoms with Crippen molar-refractivity contribution in [3.05, 3.63) is 36.2 Å². The average molecular weight is 401 g/mol. The zero-order valence-corrected chi connectivity index (χ0v) is 16.9. The van der Waals surface area contributed by atoms with Crippen molar-refractivity contribution in [1.82, 2.24) is 24.9 Å². The number of rotatable bonds is 7. The fourth-order valence-corrected chi connectivity index (χ4v) is 3.84. The summed E-state index contributed by atoms with van der Waals surface area (Å²) in [7, 11) is 0. The molecule has 148 valence electrons. The molecule has 1 aliphatic rings. The second-order valence-electron chi connectivity index (χ2n) is 7.06. The molecular formula is C19H24N6O2S. The Labute approximate surface area is 168 Å². The van der Waals surface area contributed by atoms with Gasteiger partial charge < -0.3 is 14.2 Å². The van der Waals surface area contributed by atoms with Crippen LogP contribution < -0.4 is 4.90 Å². The number of ether oxygens (including phenoxy) is 1. The minimum absolute atomic E-state index is 0.491. The predicted octanol–water partition coefficient (Wildman–Crippen LogP) is 3.11. The summed E-state index contributed by atoms with van der Waals surface area (Å²) in [6.07, 6.45) is 0. The molecule has 28 heavy (non-hydrogen) atoms. The zero-order chi connectivity index (χ0) is 19.3. The van der Waals surface area contributed by atoms with Crippen LogP contribution in [0, 0.1) is 5.92 Å². The van der Waals surface area contributed by atoms with Gasteiger partial charge in [0.05, 0.1) is 19.0 Å². The molecule has 0 N–H and O–H groups in total. The summed E-state index contributed by atoms with van der Waals surface area (Å²) in [5.74, 6) is 3.17. The van der Waals surface area contributed by atoms with Crippen molar-refractivity contribution < 1.29 is 9.26 Å². The summed E-state index contributed by atoms with van der Waals surface area (Å²) in [4.78, 5) is 6.74. The van der Waals surface area contributed by atoms with Crippen molar-refractivity contribution in [3.63, 3.8) is 0 Å². The van der Waals surface area contributed by atoms with Crippen molar-refractivity contribution in [1.29, 1.82) is 0 Å². The van der Waals surface area contributed by atoms with E-state index in [1.54, 1.807) is 11.8 Å². The van der Waals surface area contributed by atoms with Gasteiger partial charge in [0.1, 0.15) is 0 Å². The molecule has 3 aromatic rings. The number of hydrogen-bond donors (Lipinski definition) is 0. The highest BCUT2D eigenvalue weighted by Gasteiger charge is 2.21. The molecular weight excluding hydrogens is 376 g/mol. The molecule has 1 aliphatic heterocycles. The summed E-state index contributed by atoms with van der Waals surface area (Å²) in [6.45, 7) is 8.39. The Morgan fingerprint density at radius 3 is 2.64 bits per heavy atom. The van der Waals surface area contributed by atoms with Crippen LogP contribution in [0.25, 0.3) is 11.5 Å². The summed E-state index contributed by atoms with van der Waals surface area (Å²) in [6, 6.07) is 9.78. The standard InChI is InChI=1S/C19H24N6O2S/c1-14(2)12-25-18(24-8-10-26-11-9-24)21-22-19(25)28-13-16-20-17(27-23-16)15-6-4-3-5-7-15/h3-7,14H,8-13H2,1-2H3. The van der Waals surface area contributed by atoms with Crippen LogP contribution in [0.4, 0.5) is 5.95 Å². The molecule has 4 rings (SSSR count). The quantitative estimate of drug-likeness (QED) is 0.560. The fourth-order valence-electron chi connectivity index (χ4n) is 3.05. The van der Waals surface area contributed by atoms with E-state index in [1.165, 1.54) is 0 Å². The van der Waals surface area contributed by atoms with Crippen LogP contribution in [0.5, 0.6) is 0 Å². The van der Waals surface area contributed by atoms with Crippen molar-refractivity contribution in [2.75, 3.05) is 31.2 Å². The maximum atomic E-state index is 5.46. The number of benzene rings is 1. The first-order valence-corrected chi connectivity index (χ1v) is 10.5. The van der Waals surface area contributed by atoms with Crippen molar-refractivity contribution in [2.45, 2.75) is 31.3 Å². The highest BCUT2D eigenvalue weighted by Crippen LogP contribution is 2.27. The topological polar surface area (TPSA) is 82.1 Å². The molecule has 0 radical (unpaired) electrons. The van der Waals surface area contributed by atoms with Crippen LogP contribution in [-0.2, 0) is 17.0 Å². The molecule has 0 amide bonds. The van der Waals surface area contributed by atoms with E-state index in [0.717, 1.165) is 49.5 Å². The van der Waals surface area contributed by atoms with Crippen LogP contribution in [0.1, 0.15) is 19.7 Å². The molecule has 0 atom stereocenters. The molecule has 3 heterocycles. The molecule has 0 unspecified atom stereocenters. The Bertz CT molecular complexity index is 889. The van der Waals surface area contributed by atoms with E-state index in [0.29, 0.717) is 23.4 Å². The van der Waals surface area contributed by atoms with Gasteiger partial charge in [-0.3, -0.25) is 4.57 Å². The number of morpholine rings is 1. The second-order valence-corrected chi connectivity index (χ2v) is 8.00. The molecule has 0 aliphatic carbocycles. The Balaban J connectivity index is 1.48. The monoisotopic (exact) mass is 400 g/mol. The Morgan fingerprint density at radius 2 is 1.89 bits per heavy atom. The maximum absolute atomic E-state index is 5.46. The predicted molar refractivity (Wildman–Crippen MR) is 107 cm³/mol. The van der Waals surface area contributed by atoms with Gasteiger partial charge in [-0.05, 0) is 18.1 Å². The smallest absolute Gasteiger partial charge is 0.257 e. The normalized spacial score (nSPS) is 14.8. The molecule has 9 heteroatoms. The number of aromatic nitrogens is 5. The lowest BCUT2D eigenvalue weighted by molar-refractivity contribution is 0.121. The van der Waals surface area contributed by atoms with Gasteiger partial charge in [-0.15, -0.1) is 10.2 Å². The van der Waals surface area contributed by atoms with Gasteiger partial charge in [0.25, 0.3) is 5.89 Å². The van der Waals surface area contributed by atoms with Crippen LogP contribution in [0.15, 0.2) is 40.0 Å². The van der Waals surface area contributed by atoms with E-state index in [4.69, 9.17) is 9.26 Å². The van der Waals surface area contributed by atoms with Crippen molar-refractivity contribution >= 4 is 17.7 Å². The third kappa shape index (κ3) is 4.36. The Hall–Kier alpha value is -2.39. The number of anilines is 1. The summed E-state index contributed by atoms with van der Waals surface area (Å²) in [5, 5.41) is 13.9. The summed E-state index contributed by atoms with van der Waals surface area (Å²) in [5.41, 5.74) is 0.920. The fraction of sp³-hybridized carbons (Fsp3) is 0.474. The first-order chi connectivity index (χ1) is 13.7. The lowest BCUT2D eigenvalue weighted by Crippen LogP contribution is -2.38. The van der Waals surface area contributed by atoms with Crippen LogP contribution >= 0.6 is 11.8 Å². The number of hydrogen-bond acceptors (Lipinski definition) is 8. The number of thioether (sulfide) groups is 1. The minimum atomic E-state index is 0.491. The molecule has 1 aromatic carbocycles. The third-order valence-electron chi connectivity index (χ3n) is 4.36. The lowest BCUT2D eigenvalue weighted by Gasteiger charge is -2.28. The third-order valence-corrected chi connectivity index (χ3v) is 5.32. The van der Waals surface area contributed by atoms with E-state index < -0.39 is 0 Å². The van der Waals surface area contributed by atoms with Gasteiger partial charge >= 0.3 is 0 Å². The minimum Gasteiger partial charge on any atom is -0.378 e. The van der Waals surface area contributed by atoms with Gasteiger partial charge in [0, 0.05) is 25.2 Å². The van der Waals surface area contributed by atoms with Gasteiger partial charge in [-0.2, -0.15) is 4.98 Å². The van der Waals surface area contributed by atoms with E-state index in [1.807, 2.05) is 30.3 Å². The van der Waals surface area contributed by atoms with E-state index >= 15 is 0 Å². The molecule has 1 saturated heterocycles. The van der Waals surface area contributed by atoms with Crippen molar-refractivity contribution in [2.24, 2.45) is 5.92 Å². The molecule has 1 fully saturated rings. The maximum Gasteiger partial charge on any atom is 0.257 e. The van der Waals surface area contributed by atoms with Gasteiger partial charge in [-0.1, -0.05) is 49.0 Å². The molecule has 0 saturated carbocycles. The molecule has 2 aromatic heterocycles. The van der Waals surface area contributed by atoms with E-state index in [2.05, 4.69) is 43.7 Å². The number of nitrogens with zero attached hydrogens (tertiary/aromatic N) is 6. The Kier molecular flexibility index (Phi) is 5.92. The van der Waals surface area contributed by atoms with Crippen molar-refractivity contribution in [3.8, 4) is 11.5 Å². The summed E-state index contributed by atoms with van der Waals surface area (Å²) < 4.78 is 13.1. The van der Waals surface area contributed by atoms with E-state index in [-0.39, 0.29) is 0 Å². The largest absolute Gasteiger partial charge is 0.378 e. The van der Waals surface area contributed by atoms with Gasteiger partial charge in [0.15, 0.2) is 11.0 Å². The van der Waals surface area contributed by atoms with E-state index in [9.17, 15) is 0 Å². The first-order valence-electron chi connectivity index (χ1n) is 9.47. The second kappa shape index (κ2) is 8.74. The van der Waals surface area contributed by atoms with Gasteiger partial charge in [0.2, 0.25) is 5.95 Å². The highest BCUT2D eigenvalue weighted by molar-refractivity contribution is 7.98. The average Bonchev–Trinajstić information content (AvgIpc) is 3.35. The SMILES string of the molecule is CC(C)Cn1c(SCc2noc(-c3ccccc3)n2)nnc1N1CCOCC1. The van der Waals surface area contributed by atoms with Crippen LogP contribution in [-0.4, -0.2) is 51.2 Å². The lowest BCUT2D eigenvalue weighted by atomic mass is 10.2. The van der Waals surface area contributed by atoms with Gasteiger partial charge in [-0.25, -0.2) is 0 Å². The van der Waals surface area contributed by atoms with Crippen LogP contribution in [0.2, 0.25) is 0 Å². The first kappa shape index (κ1) is 18.9. The molecule has 8 nitrogen and oxygen atoms in total. The Morgan fingerprint density at radius 1 is 1.11 bits per heavy atom. The molecule has 0 spiro atoms. The van der Waals surface area contributed by atoms with Crippen LogP contribution in [0.3, 0.4) is 0 Å². The summed E-state index contributed by atoms with van der Waals surface area (Å²) >= 11 is 1.58. The zero-order valence-electron chi connectivity index (χ0n) is 16.1. The highest BCUT2D eigenvalue weighted by atomic mass is 32.2.